The van der Waals surface area contributed by atoms with Gasteiger partial charge in [-0.15, -0.1) is 0 Å². The van der Waals surface area contributed by atoms with Crippen molar-refractivity contribution in [2.75, 3.05) is 25.1 Å². The molecule has 108 valence electrons. The molecule has 0 spiro atoms. The summed E-state index contributed by atoms with van der Waals surface area (Å²) in [4.78, 5) is 6.62. The first-order valence-corrected chi connectivity index (χ1v) is 6.98. The van der Waals surface area contributed by atoms with Crippen LogP contribution in [-0.4, -0.2) is 37.3 Å². The minimum Gasteiger partial charge on any atom is -0.381 e. The fourth-order valence-electron chi connectivity index (χ4n) is 2.94. The van der Waals surface area contributed by atoms with Crippen molar-refractivity contribution in [1.29, 1.82) is 5.26 Å². The number of hydrogen-bond donors (Lipinski definition) is 1. The van der Waals surface area contributed by atoms with Gasteiger partial charge in [0.15, 0.2) is 0 Å². The summed E-state index contributed by atoms with van der Waals surface area (Å²) < 4.78 is 5.45. The normalized spacial score (nSPS) is 22.6. The van der Waals surface area contributed by atoms with E-state index in [9.17, 15) is 5.26 Å². The molecule has 0 amide bonds. The fraction of sp³-hybridized carbons (Fsp3) is 0.600. The molecule has 2 rings (SSSR count). The van der Waals surface area contributed by atoms with Gasteiger partial charge in [0.1, 0.15) is 6.07 Å². The molecule has 20 heavy (non-hydrogen) atoms. The average molecular weight is 274 g/mol. The number of nitriles is 1. The van der Waals surface area contributed by atoms with E-state index in [2.05, 4.69) is 16.0 Å². The molecule has 1 aliphatic heterocycles. The quantitative estimate of drug-likeness (QED) is 0.904. The molecule has 1 aromatic heterocycles. The summed E-state index contributed by atoms with van der Waals surface area (Å²) in [5.41, 5.74) is 9.25. The molecule has 2 heterocycles. The van der Waals surface area contributed by atoms with Crippen LogP contribution in [-0.2, 0) is 4.74 Å². The molecule has 2 N–H and O–H groups in total. The number of pyridine rings is 1. The second-order valence-corrected chi connectivity index (χ2v) is 5.32. The number of nitrogens with two attached hydrogens (primary N) is 1. The highest BCUT2D eigenvalue weighted by Crippen LogP contribution is 2.30. The van der Waals surface area contributed by atoms with Gasteiger partial charge in [-0.2, -0.15) is 5.26 Å². The summed E-state index contributed by atoms with van der Waals surface area (Å²) in [7, 11) is 1.75. The van der Waals surface area contributed by atoms with E-state index in [1.54, 1.807) is 7.11 Å². The zero-order valence-corrected chi connectivity index (χ0v) is 12.4. The first kappa shape index (κ1) is 14.8. The SMILES string of the molecule is COC1CCN(c2cc(C)nc(C)c2C#N)C(CN)C1. The summed E-state index contributed by atoms with van der Waals surface area (Å²) in [6, 6.07) is 4.48. The van der Waals surface area contributed by atoms with Crippen LogP contribution in [0.15, 0.2) is 6.07 Å². The van der Waals surface area contributed by atoms with Gasteiger partial charge in [-0.05, 0) is 32.8 Å². The average Bonchev–Trinajstić information content (AvgIpc) is 2.45. The van der Waals surface area contributed by atoms with Gasteiger partial charge < -0.3 is 15.4 Å². The van der Waals surface area contributed by atoms with Crippen LogP contribution in [0.4, 0.5) is 5.69 Å². The van der Waals surface area contributed by atoms with Crippen molar-refractivity contribution in [3.63, 3.8) is 0 Å². The van der Waals surface area contributed by atoms with Crippen molar-refractivity contribution in [2.45, 2.75) is 38.8 Å². The number of anilines is 1. The molecule has 1 aromatic rings. The molecule has 1 saturated heterocycles. The molecule has 5 heteroatoms. The van der Waals surface area contributed by atoms with E-state index >= 15 is 0 Å². The van der Waals surface area contributed by atoms with Crippen LogP contribution in [0, 0.1) is 25.2 Å². The largest absolute Gasteiger partial charge is 0.381 e. The number of nitrogens with zero attached hydrogens (tertiary/aromatic N) is 3. The molecule has 5 nitrogen and oxygen atoms in total. The van der Waals surface area contributed by atoms with Crippen molar-refractivity contribution in [1.82, 2.24) is 4.98 Å². The van der Waals surface area contributed by atoms with E-state index in [4.69, 9.17) is 10.5 Å². The zero-order valence-electron chi connectivity index (χ0n) is 12.4. The molecule has 0 aliphatic carbocycles. The molecule has 1 fully saturated rings. The van der Waals surface area contributed by atoms with E-state index in [1.165, 1.54) is 0 Å². The van der Waals surface area contributed by atoms with Gasteiger partial charge in [0.2, 0.25) is 0 Å². The van der Waals surface area contributed by atoms with Gasteiger partial charge >= 0.3 is 0 Å². The molecule has 1 aliphatic rings. The highest BCUT2D eigenvalue weighted by atomic mass is 16.5. The summed E-state index contributed by atoms with van der Waals surface area (Å²) in [6.07, 6.45) is 2.12. The Morgan fingerprint density at radius 3 is 2.90 bits per heavy atom. The molecular weight excluding hydrogens is 252 g/mol. The molecular formula is C15H22N4O. The molecule has 0 bridgehead atoms. The Labute approximate surface area is 120 Å². The third-order valence-electron chi connectivity index (χ3n) is 4.00. The zero-order chi connectivity index (χ0) is 14.7. The second kappa shape index (κ2) is 6.21. The standard InChI is InChI=1S/C15H22N4O/c1-10-6-15(14(9-17)11(2)18-10)19-5-4-13(20-3)7-12(19)8-16/h6,12-13H,4-5,7-8,16H2,1-3H3. The maximum Gasteiger partial charge on any atom is 0.103 e. The first-order valence-electron chi connectivity index (χ1n) is 6.98. The Hall–Kier alpha value is -1.64. The van der Waals surface area contributed by atoms with Crippen LogP contribution >= 0.6 is 0 Å². The Balaban J connectivity index is 2.38. The smallest absolute Gasteiger partial charge is 0.103 e. The molecule has 2 atom stereocenters. The van der Waals surface area contributed by atoms with Crippen LogP contribution in [0.25, 0.3) is 0 Å². The topological polar surface area (TPSA) is 75.2 Å². The van der Waals surface area contributed by atoms with E-state index < -0.39 is 0 Å². The monoisotopic (exact) mass is 274 g/mol. The second-order valence-electron chi connectivity index (χ2n) is 5.32. The number of methoxy groups -OCH3 is 1. The van der Waals surface area contributed by atoms with Crippen molar-refractivity contribution in [2.24, 2.45) is 5.73 Å². The number of hydrogen-bond acceptors (Lipinski definition) is 5. The highest BCUT2D eigenvalue weighted by molar-refractivity contribution is 5.62. The molecule has 0 aromatic carbocycles. The summed E-state index contributed by atoms with van der Waals surface area (Å²) in [5, 5.41) is 9.41. The van der Waals surface area contributed by atoms with Crippen LogP contribution in [0.3, 0.4) is 0 Å². The molecule has 0 radical (unpaired) electrons. The fourth-order valence-corrected chi connectivity index (χ4v) is 2.94. The predicted octanol–water partition coefficient (Wildman–Crippen LogP) is 1.51. The Kier molecular flexibility index (Phi) is 4.58. The van der Waals surface area contributed by atoms with Crippen LogP contribution in [0.1, 0.15) is 29.8 Å². The Morgan fingerprint density at radius 2 is 2.30 bits per heavy atom. The lowest BCUT2D eigenvalue weighted by atomic mass is 9.97. The number of ether oxygens (including phenoxy) is 1. The summed E-state index contributed by atoms with van der Waals surface area (Å²) in [5.74, 6) is 0. The van der Waals surface area contributed by atoms with Gasteiger partial charge in [0.25, 0.3) is 0 Å². The van der Waals surface area contributed by atoms with Crippen molar-refractivity contribution in [3.05, 3.63) is 23.0 Å². The van der Waals surface area contributed by atoms with E-state index in [1.807, 2.05) is 19.9 Å². The summed E-state index contributed by atoms with van der Waals surface area (Å²) >= 11 is 0. The van der Waals surface area contributed by atoms with E-state index in [0.29, 0.717) is 12.1 Å². The van der Waals surface area contributed by atoms with Gasteiger partial charge in [-0.1, -0.05) is 0 Å². The number of rotatable bonds is 3. The maximum atomic E-state index is 9.41. The Bertz CT molecular complexity index is 523. The van der Waals surface area contributed by atoms with Crippen molar-refractivity contribution in [3.8, 4) is 6.07 Å². The Morgan fingerprint density at radius 1 is 1.55 bits per heavy atom. The lowest BCUT2D eigenvalue weighted by molar-refractivity contribution is 0.0709. The predicted molar refractivity (Wildman–Crippen MR) is 78.6 cm³/mol. The number of piperidine rings is 1. The van der Waals surface area contributed by atoms with E-state index in [0.717, 1.165) is 36.5 Å². The van der Waals surface area contributed by atoms with Crippen LogP contribution in [0.2, 0.25) is 0 Å². The third-order valence-corrected chi connectivity index (χ3v) is 4.00. The highest BCUT2D eigenvalue weighted by Gasteiger charge is 2.29. The van der Waals surface area contributed by atoms with Crippen molar-refractivity contribution < 1.29 is 4.74 Å². The molecule has 0 saturated carbocycles. The lowest BCUT2D eigenvalue weighted by Gasteiger charge is -2.40. The summed E-state index contributed by atoms with van der Waals surface area (Å²) in [6.45, 7) is 5.26. The number of aromatic nitrogens is 1. The van der Waals surface area contributed by atoms with Gasteiger partial charge in [-0.3, -0.25) is 4.98 Å². The minimum absolute atomic E-state index is 0.210. The molecule has 2 unspecified atom stereocenters. The first-order chi connectivity index (χ1) is 9.60. The van der Waals surface area contributed by atoms with Gasteiger partial charge in [0.05, 0.1) is 23.0 Å². The van der Waals surface area contributed by atoms with Crippen molar-refractivity contribution >= 4 is 5.69 Å². The number of aryl methyl sites for hydroxylation is 2. The minimum atomic E-state index is 0.210. The lowest BCUT2D eigenvalue weighted by Crippen LogP contribution is -2.49. The van der Waals surface area contributed by atoms with Gasteiger partial charge in [-0.25, -0.2) is 0 Å². The third kappa shape index (κ3) is 2.77. The van der Waals surface area contributed by atoms with E-state index in [-0.39, 0.29) is 12.1 Å². The maximum absolute atomic E-state index is 9.41. The van der Waals surface area contributed by atoms with Crippen LogP contribution < -0.4 is 10.6 Å². The van der Waals surface area contributed by atoms with Gasteiger partial charge in [0, 0.05) is 31.9 Å². The van der Waals surface area contributed by atoms with Crippen LogP contribution in [0.5, 0.6) is 0 Å².